The molecule has 108 valence electrons. The number of hydrogen-bond donors (Lipinski definition) is 1. The van der Waals surface area contributed by atoms with Gasteiger partial charge in [-0.3, -0.25) is 4.40 Å². The molecule has 0 fully saturated rings. The molecule has 0 aliphatic carbocycles. The van der Waals surface area contributed by atoms with Crippen LogP contribution in [0.5, 0.6) is 0 Å². The van der Waals surface area contributed by atoms with Crippen LogP contribution in [-0.2, 0) is 0 Å². The minimum atomic E-state index is 0.711. The largest absolute Gasteiger partial charge is 0.337 e. The van der Waals surface area contributed by atoms with Crippen molar-refractivity contribution in [1.82, 2.24) is 19.6 Å². The number of aryl methyl sites for hydroxylation is 2. The van der Waals surface area contributed by atoms with Crippen LogP contribution in [0.3, 0.4) is 0 Å². The van der Waals surface area contributed by atoms with Gasteiger partial charge in [0.25, 0.3) is 0 Å². The summed E-state index contributed by atoms with van der Waals surface area (Å²) in [5.74, 6) is 0.711. The van der Waals surface area contributed by atoms with E-state index in [1.165, 1.54) is 5.56 Å². The smallest absolute Gasteiger partial charge is 0.204 e. The third-order valence-corrected chi connectivity index (χ3v) is 3.78. The second kappa shape index (κ2) is 4.80. The highest BCUT2D eigenvalue weighted by Gasteiger charge is 2.11. The molecule has 5 nitrogen and oxygen atoms in total. The van der Waals surface area contributed by atoms with E-state index in [1.54, 1.807) is 6.33 Å². The lowest BCUT2D eigenvalue weighted by Gasteiger charge is -2.11. The van der Waals surface area contributed by atoms with Crippen molar-refractivity contribution >= 4 is 28.2 Å². The Labute approximate surface area is 127 Å². The number of fused-ring (bicyclic) bond motifs is 3. The van der Waals surface area contributed by atoms with Gasteiger partial charge in [-0.1, -0.05) is 24.3 Å². The van der Waals surface area contributed by atoms with E-state index in [9.17, 15) is 0 Å². The van der Waals surface area contributed by atoms with Gasteiger partial charge < -0.3 is 5.32 Å². The third-order valence-electron chi connectivity index (χ3n) is 3.78. The first-order valence-corrected chi connectivity index (χ1v) is 7.15. The quantitative estimate of drug-likeness (QED) is 0.612. The molecule has 4 aromatic rings. The molecule has 4 rings (SSSR count). The van der Waals surface area contributed by atoms with Gasteiger partial charge in [0.05, 0.1) is 11.0 Å². The summed E-state index contributed by atoms with van der Waals surface area (Å²) in [6, 6.07) is 14.3. The molecule has 0 spiro atoms. The summed E-state index contributed by atoms with van der Waals surface area (Å²) < 4.78 is 1.97. The highest BCUT2D eigenvalue weighted by molar-refractivity contribution is 5.84. The SMILES string of the molecule is Cc1ccc2nc(Nc3ccccc3C)c3nncn3c2c1. The fraction of sp³-hybridized carbons (Fsp3) is 0.118. The van der Waals surface area contributed by atoms with Gasteiger partial charge >= 0.3 is 0 Å². The molecule has 0 saturated heterocycles. The van der Waals surface area contributed by atoms with E-state index < -0.39 is 0 Å². The first-order valence-electron chi connectivity index (χ1n) is 7.15. The second-order valence-electron chi connectivity index (χ2n) is 5.42. The van der Waals surface area contributed by atoms with Gasteiger partial charge in [0.2, 0.25) is 5.65 Å². The third kappa shape index (κ3) is 1.98. The van der Waals surface area contributed by atoms with Crippen molar-refractivity contribution in [2.24, 2.45) is 0 Å². The Morgan fingerprint density at radius 1 is 1.05 bits per heavy atom. The van der Waals surface area contributed by atoms with Gasteiger partial charge in [-0.05, 0) is 43.2 Å². The molecule has 0 amide bonds. The monoisotopic (exact) mass is 289 g/mol. The van der Waals surface area contributed by atoms with Crippen LogP contribution in [0.4, 0.5) is 11.5 Å². The van der Waals surface area contributed by atoms with Crippen LogP contribution in [0.2, 0.25) is 0 Å². The first-order chi connectivity index (χ1) is 10.7. The number of benzene rings is 2. The van der Waals surface area contributed by atoms with Crippen molar-refractivity contribution in [2.75, 3.05) is 5.32 Å². The molecule has 1 N–H and O–H groups in total. The van der Waals surface area contributed by atoms with Gasteiger partial charge in [-0.25, -0.2) is 4.98 Å². The summed E-state index contributed by atoms with van der Waals surface area (Å²) in [6.07, 6.45) is 1.72. The van der Waals surface area contributed by atoms with Crippen molar-refractivity contribution < 1.29 is 0 Å². The van der Waals surface area contributed by atoms with Gasteiger partial charge in [0.1, 0.15) is 6.33 Å². The lowest BCUT2D eigenvalue weighted by molar-refractivity contribution is 1.11. The highest BCUT2D eigenvalue weighted by atomic mass is 15.3. The van der Waals surface area contributed by atoms with E-state index in [2.05, 4.69) is 47.6 Å². The molecular formula is C17H15N5. The van der Waals surface area contributed by atoms with Gasteiger partial charge in [-0.15, -0.1) is 10.2 Å². The zero-order valence-corrected chi connectivity index (χ0v) is 12.4. The molecule has 0 radical (unpaired) electrons. The number of rotatable bonds is 2. The molecule has 0 unspecified atom stereocenters. The average Bonchev–Trinajstić information content (AvgIpc) is 3.00. The highest BCUT2D eigenvalue weighted by Crippen LogP contribution is 2.25. The van der Waals surface area contributed by atoms with Crippen LogP contribution in [0.15, 0.2) is 48.8 Å². The summed E-state index contributed by atoms with van der Waals surface area (Å²) in [4.78, 5) is 4.72. The predicted molar refractivity (Wildman–Crippen MR) is 87.5 cm³/mol. The zero-order valence-electron chi connectivity index (χ0n) is 12.4. The molecule has 0 aliphatic rings. The minimum Gasteiger partial charge on any atom is -0.337 e. The predicted octanol–water partition coefficient (Wildman–Crippen LogP) is 3.64. The summed E-state index contributed by atoms with van der Waals surface area (Å²) in [7, 11) is 0. The van der Waals surface area contributed by atoms with Crippen LogP contribution < -0.4 is 5.32 Å². The summed E-state index contributed by atoms with van der Waals surface area (Å²) >= 11 is 0. The molecular weight excluding hydrogens is 274 g/mol. The van der Waals surface area contributed by atoms with Crippen LogP contribution in [0.25, 0.3) is 16.7 Å². The summed E-state index contributed by atoms with van der Waals surface area (Å²) in [6.45, 7) is 4.13. The lowest BCUT2D eigenvalue weighted by Crippen LogP contribution is -2.01. The maximum Gasteiger partial charge on any atom is 0.204 e. The Hall–Kier alpha value is -2.95. The summed E-state index contributed by atoms with van der Waals surface area (Å²) in [5, 5.41) is 11.6. The first kappa shape index (κ1) is 12.8. The Kier molecular flexibility index (Phi) is 2.79. The molecule has 0 saturated carbocycles. The zero-order chi connectivity index (χ0) is 15.1. The molecule has 2 heterocycles. The molecule has 0 aliphatic heterocycles. The number of nitrogens with one attached hydrogen (secondary N) is 1. The van der Waals surface area contributed by atoms with E-state index in [0.717, 1.165) is 27.9 Å². The molecule has 22 heavy (non-hydrogen) atoms. The fourth-order valence-electron chi connectivity index (χ4n) is 2.59. The number of nitrogens with zero attached hydrogens (tertiary/aromatic N) is 4. The Bertz CT molecular complexity index is 987. The van der Waals surface area contributed by atoms with Gasteiger partial charge in [0, 0.05) is 5.69 Å². The lowest BCUT2D eigenvalue weighted by atomic mass is 10.2. The van der Waals surface area contributed by atoms with E-state index in [0.29, 0.717) is 5.82 Å². The van der Waals surface area contributed by atoms with Crippen molar-refractivity contribution in [3.05, 3.63) is 59.9 Å². The Morgan fingerprint density at radius 2 is 1.91 bits per heavy atom. The molecule has 2 aromatic carbocycles. The molecule has 2 aromatic heterocycles. The molecule has 5 heteroatoms. The molecule has 0 atom stereocenters. The van der Waals surface area contributed by atoms with Gasteiger partial charge in [0.15, 0.2) is 5.82 Å². The minimum absolute atomic E-state index is 0.711. The number of anilines is 2. The van der Waals surface area contributed by atoms with E-state index in [1.807, 2.05) is 28.7 Å². The van der Waals surface area contributed by atoms with Crippen LogP contribution in [0.1, 0.15) is 11.1 Å². The maximum absolute atomic E-state index is 4.72. The van der Waals surface area contributed by atoms with Crippen LogP contribution in [0, 0.1) is 13.8 Å². The summed E-state index contributed by atoms with van der Waals surface area (Å²) in [5.41, 5.74) is 6.01. The van der Waals surface area contributed by atoms with Crippen LogP contribution >= 0.6 is 0 Å². The van der Waals surface area contributed by atoms with E-state index >= 15 is 0 Å². The normalized spacial score (nSPS) is 11.2. The standard InChI is InChI=1S/C17H15N5/c1-11-7-8-14-15(9-11)22-10-18-21-17(22)16(20-14)19-13-6-4-3-5-12(13)2/h3-10H,1-2H3,(H,19,20). The van der Waals surface area contributed by atoms with Crippen molar-refractivity contribution in [2.45, 2.75) is 13.8 Å². The second-order valence-corrected chi connectivity index (χ2v) is 5.42. The number of hydrogen-bond acceptors (Lipinski definition) is 4. The maximum atomic E-state index is 4.72. The van der Waals surface area contributed by atoms with Crippen molar-refractivity contribution in [1.29, 1.82) is 0 Å². The average molecular weight is 289 g/mol. The number of para-hydroxylation sites is 1. The fourth-order valence-corrected chi connectivity index (χ4v) is 2.59. The Balaban J connectivity index is 1.95. The van der Waals surface area contributed by atoms with Crippen molar-refractivity contribution in [3.63, 3.8) is 0 Å². The topological polar surface area (TPSA) is 55.1 Å². The number of aromatic nitrogens is 4. The Morgan fingerprint density at radius 3 is 2.77 bits per heavy atom. The van der Waals surface area contributed by atoms with Crippen LogP contribution in [-0.4, -0.2) is 19.6 Å². The van der Waals surface area contributed by atoms with E-state index in [-0.39, 0.29) is 0 Å². The molecule has 0 bridgehead atoms. The van der Waals surface area contributed by atoms with Crippen molar-refractivity contribution in [3.8, 4) is 0 Å². The van der Waals surface area contributed by atoms with Gasteiger partial charge in [-0.2, -0.15) is 0 Å². The van der Waals surface area contributed by atoms with E-state index in [4.69, 9.17) is 4.98 Å².